The second-order valence-corrected chi connectivity index (χ2v) is 9.01. The molecule has 3 rings (SSSR count). The molecule has 1 N–H and O–H groups in total. The first-order chi connectivity index (χ1) is 14.2. The normalized spacial score (nSPS) is 11.3. The molecule has 152 valence electrons. The van der Waals surface area contributed by atoms with Crippen molar-refractivity contribution in [2.24, 2.45) is 0 Å². The Labute approximate surface area is 197 Å². The van der Waals surface area contributed by atoms with Gasteiger partial charge < -0.3 is 9.88 Å². The number of rotatable bonds is 4. The summed E-state index contributed by atoms with van der Waals surface area (Å²) in [4.78, 5) is 12.8. The largest absolute Gasteiger partial charge is 0.319 e. The van der Waals surface area contributed by atoms with Gasteiger partial charge in [-0.3, -0.25) is 4.79 Å². The van der Waals surface area contributed by atoms with Gasteiger partial charge in [-0.25, -0.2) is 0 Å². The van der Waals surface area contributed by atoms with E-state index in [1.54, 1.807) is 6.08 Å². The van der Waals surface area contributed by atoms with Gasteiger partial charge in [0.2, 0.25) is 0 Å². The summed E-state index contributed by atoms with van der Waals surface area (Å²) in [5.41, 5.74) is 5.23. The first-order valence-electron chi connectivity index (χ1n) is 9.05. The predicted octanol–water partition coefficient (Wildman–Crippen LogP) is 7.13. The van der Waals surface area contributed by atoms with Gasteiger partial charge in [0, 0.05) is 31.0 Å². The number of nitriles is 1. The number of aryl methyl sites for hydroxylation is 2. The molecule has 0 saturated heterocycles. The fourth-order valence-electron chi connectivity index (χ4n) is 3.25. The second-order valence-electron chi connectivity index (χ2n) is 6.87. The summed E-state index contributed by atoms with van der Waals surface area (Å²) in [7, 11) is 0. The fraction of sp³-hybridized carbons (Fsp3) is 0.130. The third kappa shape index (κ3) is 4.70. The summed E-state index contributed by atoms with van der Waals surface area (Å²) < 4.78 is 3.51. The van der Waals surface area contributed by atoms with Crippen molar-refractivity contribution in [1.82, 2.24) is 4.57 Å². The van der Waals surface area contributed by atoms with Crippen LogP contribution in [0.15, 0.2) is 57.0 Å². The number of amides is 1. The molecule has 0 aliphatic rings. The molecule has 0 bridgehead atoms. The van der Waals surface area contributed by atoms with Crippen molar-refractivity contribution in [2.45, 2.75) is 20.8 Å². The van der Waals surface area contributed by atoms with Crippen LogP contribution < -0.4 is 5.32 Å². The molecule has 0 unspecified atom stereocenters. The van der Waals surface area contributed by atoms with E-state index in [2.05, 4.69) is 37.2 Å². The standard InChI is InChI=1S/C23H18Br2ClN3O/c1-13-7-20(24)22(21(25)8-13)28-23(30)17(12-27)10-16-9-14(2)29(15(16)3)19-6-4-5-18(26)11-19/h4-11H,1-3H3,(H,28,30)/b17-10+. The quantitative estimate of drug-likeness (QED) is 0.279. The minimum Gasteiger partial charge on any atom is -0.319 e. The average molecular weight is 548 g/mol. The van der Waals surface area contributed by atoms with Crippen molar-refractivity contribution in [3.05, 3.63) is 84.5 Å². The van der Waals surface area contributed by atoms with Gasteiger partial charge in [-0.05, 0) is 106 Å². The number of hydrogen-bond donors (Lipinski definition) is 1. The summed E-state index contributed by atoms with van der Waals surface area (Å²) in [6, 6.07) is 15.3. The third-order valence-corrected chi connectivity index (χ3v) is 6.11. The Morgan fingerprint density at radius 2 is 1.80 bits per heavy atom. The minimum absolute atomic E-state index is 0.0146. The number of aromatic nitrogens is 1. The van der Waals surface area contributed by atoms with E-state index in [-0.39, 0.29) is 5.57 Å². The molecule has 30 heavy (non-hydrogen) atoms. The van der Waals surface area contributed by atoms with Crippen LogP contribution >= 0.6 is 43.5 Å². The number of hydrogen-bond acceptors (Lipinski definition) is 2. The lowest BCUT2D eigenvalue weighted by molar-refractivity contribution is -0.112. The summed E-state index contributed by atoms with van der Waals surface area (Å²) in [6.45, 7) is 5.87. The molecular weight excluding hydrogens is 530 g/mol. The highest BCUT2D eigenvalue weighted by Gasteiger charge is 2.16. The van der Waals surface area contributed by atoms with Crippen molar-refractivity contribution >= 4 is 61.1 Å². The lowest BCUT2D eigenvalue weighted by Gasteiger charge is -2.11. The maximum Gasteiger partial charge on any atom is 0.266 e. The number of anilines is 1. The molecule has 1 aromatic heterocycles. The average Bonchev–Trinajstić information content (AvgIpc) is 2.95. The van der Waals surface area contributed by atoms with Crippen LogP contribution in [0, 0.1) is 32.1 Å². The lowest BCUT2D eigenvalue weighted by Crippen LogP contribution is -2.14. The van der Waals surface area contributed by atoms with Gasteiger partial charge in [-0.15, -0.1) is 0 Å². The monoisotopic (exact) mass is 545 g/mol. The molecular formula is C23H18Br2ClN3O. The molecule has 7 heteroatoms. The Balaban J connectivity index is 1.97. The van der Waals surface area contributed by atoms with Crippen molar-refractivity contribution in [3.63, 3.8) is 0 Å². The van der Waals surface area contributed by atoms with Crippen LogP contribution in [0.25, 0.3) is 11.8 Å². The maximum absolute atomic E-state index is 12.8. The van der Waals surface area contributed by atoms with E-state index in [9.17, 15) is 10.1 Å². The summed E-state index contributed by atoms with van der Waals surface area (Å²) in [5.74, 6) is -0.477. The zero-order valence-corrected chi connectivity index (χ0v) is 20.5. The number of nitrogens with one attached hydrogen (secondary N) is 1. The van der Waals surface area contributed by atoms with E-state index >= 15 is 0 Å². The molecule has 4 nitrogen and oxygen atoms in total. The number of carbonyl (C=O) groups excluding carboxylic acids is 1. The van der Waals surface area contributed by atoms with Crippen LogP contribution in [0.4, 0.5) is 5.69 Å². The summed E-state index contributed by atoms with van der Waals surface area (Å²) in [6.07, 6.45) is 1.61. The van der Waals surface area contributed by atoms with Crippen molar-refractivity contribution < 1.29 is 4.79 Å². The minimum atomic E-state index is -0.477. The summed E-state index contributed by atoms with van der Waals surface area (Å²) >= 11 is 13.1. The van der Waals surface area contributed by atoms with Gasteiger partial charge in [0.1, 0.15) is 11.6 Å². The van der Waals surface area contributed by atoms with Gasteiger partial charge >= 0.3 is 0 Å². The molecule has 2 aromatic carbocycles. The zero-order valence-electron chi connectivity index (χ0n) is 16.6. The zero-order chi connectivity index (χ0) is 22.0. The highest BCUT2D eigenvalue weighted by atomic mass is 79.9. The van der Waals surface area contributed by atoms with Crippen LogP contribution in [0.2, 0.25) is 5.02 Å². The highest BCUT2D eigenvalue weighted by molar-refractivity contribution is 9.11. The number of nitrogens with zero attached hydrogens (tertiary/aromatic N) is 2. The Bertz CT molecular complexity index is 1200. The molecule has 3 aromatic rings. The molecule has 0 radical (unpaired) electrons. The van der Waals surface area contributed by atoms with Gasteiger partial charge in [0.05, 0.1) is 5.69 Å². The van der Waals surface area contributed by atoms with Crippen LogP contribution in [0.5, 0.6) is 0 Å². The van der Waals surface area contributed by atoms with E-state index in [4.69, 9.17) is 11.6 Å². The predicted molar refractivity (Wildman–Crippen MR) is 129 cm³/mol. The summed E-state index contributed by atoms with van der Waals surface area (Å²) in [5, 5.41) is 13.1. The van der Waals surface area contributed by atoms with Crippen LogP contribution in [-0.4, -0.2) is 10.5 Å². The molecule has 1 heterocycles. The van der Waals surface area contributed by atoms with Crippen molar-refractivity contribution in [1.29, 1.82) is 5.26 Å². The molecule has 0 aliphatic carbocycles. The molecule has 0 spiro atoms. The Morgan fingerprint density at radius 3 is 2.40 bits per heavy atom. The Kier molecular flexibility index (Phi) is 6.87. The lowest BCUT2D eigenvalue weighted by atomic mass is 10.1. The van der Waals surface area contributed by atoms with Gasteiger partial charge in [-0.2, -0.15) is 5.26 Å². The van der Waals surface area contributed by atoms with Crippen LogP contribution in [0.3, 0.4) is 0 Å². The Morgan fingerprint density at radius 1 is 1.13 bits per heavy atom. The molecule has 0 aliphatic heterocycles. The smallest absolute Gasteiger partial charge is 0.266 e. The first-order valence-corrected chi connectivity index (χ1v) is 11.0. The molecule has 0 atom stereocenters. The number of halogens is 3. The van der Waals surface area contributed by atoms with Gasteiger partial charge in [-0.1, -0.05) is 17.7 Å². The maximum atomic E-state index is 12.8. The van der Waals surface area contributed by atoms with E-state index in [0.29, 0.717) is 10.7 Å². The van der Waals surface area contributed by atoms with Crippen LogP contribution in [-0.2, 0) is 4.79 Å². The van der Waals surface area contributed by atoms with Gasteiger partial charge in [0.25, 0.3) is 5.91 Å². The topological polar surface area (TPSA) is 57.8 Å². The molecule has 0 saturated carbocycles. The van der Waals surface area contributed by atoms with Crippen molar-refractivity contribution in [3.8, 4) is 11.8 Å². The van der Waals surface area contributed by atoms with E-state index in [0.717, 1.165) is 37.1 Å². The molecule has 0 fully saturated rings. The fourth-order valence-corrected chi connectivity index (χ4v) is 5.05. The van der Waals surface area contributed by atoms with Gasteiger partial charge in [0.15, 0.2) is 0 Å². The SMILES string of the molecule is Cc1cc(Br)c(NC(=O)/C(C#N)=C/c2cc(C)n(-c3cccc(Cl)c3)c2C)c(Br)c1. The number of benzene rings is 2. The Hall–Kier alpha value is -2.33. The van der Waals surface area contributed by atoms with Crippen LogP contribution in [0.1, 0.15) is 22.5 Å². The van der Waals surface area contributed by atoms with E-state index in [1.807, 2.05) is 73.9 Å². The van der Waals surface area contributed by atoms with E-state index in [1.165, 1.54) is 0 Å². The number of carbonyl (C=O) groups is 1. The first kappa shape index (κ1) is 22.4. The second kappa shape index (κ2) is 9.22. The highest BCUT2D eigenvalue weighted by Crippen LogP contribution is 2.33. The molecule has 1 amide bonds. The third-order valence-electron chi connectivity index (χ3n) is 4.63. The van der Waals surface area contributed by atoms with E-state index < -0.39 is 5.91 Å². The van der Waals surface area contributed by atoms with Crippen molar-refractivity contribution in [2.75, 3.05) is 5.32 Å².